The van der Waals surface area contributed by atoms with Gasteiger partial charge in [0.15, 0.2) is 5.82 Å². The summed E-state index contributed by atoms with van der Waals surface area (Å²) in [6.45, 7) is 5.70. The minimum atomic E-state index is 0.347. The second-order valence-electron chi connectivity index (χ2n) is 4.31. The molecule has 7 heteroatoms. The Hall–Kier alpha value is -1.24. The summed E-state index contributed by atoms with van der Waals surface area (Å²) in [7, 11) is 0. The highest BCUT2D eigenvalue weighted by Gasteiger charge is 2.05. The first kappa shape index (κ1) is 16.1. The number of halogens is 1. The van der Waals surface area contributed by atoms with E-state index in [9.17, 15) is 0 Å². The Bertz CT molecular complexity index is 577. The molecule has 0 saturated heterocycles. The molecule has 114 valence electrons. The second-order valence-corrected chi connectivity index (χ2v) is 5.78. The highest BCUT2D eigenvalue weighted by molar-refractivity contribution is 7.99. The van der Waals surface area contributed by atoms with Gasteiger partial charge in [-0.2, -0.15) is 0 Å². The van der Waals surface area contributed by atoms with Crippen molar-refractivity contribution < 1.29 is 9.47 Å². The van der Waals surface area contributed by atoms with E-state index in [4.69, 9.17) is 21.1 Å². The molecule has 0 bridgehead atoms. The summed E-state index contributed by atoms with van der Waals surface area (Å²) in [6, 6.07) is 5.56. The lowest BCUT2D eigenvalue weighted by molar-refractivity contribution is 0.164. The fourth-order valence-corrected chi connectivity index (χ4v) is 2.39. The standard InChI is InChI=1S/C14H18ClN3O2S/c1-3-19-6-7-21-14-16-13(17-18-14)9-20-11-4-5-12(15)10(2)8-11/h4-5,8H,3,6-7,9H2,1-2H3,(H,16,17,18). The van der Waals surface area contributed by atoms with Crippen LogP contribution in [0.4, 0.5) is 0 Å². The van der Waals surface area contributed by atoms with Gasteiger partial charge in [0.1, 0.15) is 12.4 Å². The highest BCUT2D eigenvalue weighted by Crippen LogP contribution is 2.21. The summed E-state index contributed by atoms with van der Waals surface area (Å²) in [5.74, 6) is 2.29. The third-order valence-electron chi connectivity index (χ3n) is 2.68. The number of nitrogens with one attached hydrogen (secondary N) is 1. The predicted octanol–water partition coefficient (Wildman–Crippen LogP) is 3.47. The first-order valence-electron chi connectivity index (χ1n) is 6.70. The van der Waals surface area contributed by atoms with Crippen LogP contribution in [0, 0.1) is 6.92 Å². The van der Waals surface area contributed by atoms with E-state index < -0.39 is 0 Å². The van der Waals surface area contributed by atoms with E-state index >= 15 is 0 Å². The van der Waals surface area contributed by atoms with E-state index in [0.29, 0.717) is 24.2 Å². The number of ether oxygens (including phenoxy) is 2. The van der Waals surface area contributed by atoms with Crippen LogP contribution in [0.25, 0.3) is 0 Å². The van der Waals surface area contributed by atoms with Gasteiger partial charge in [-0.05, 0) is 37.6 Å². The molecule has 0 atom stereocenters. The van der Waals surface area contributed by atoms with Gasteiger partial charge in [0, 0.05) is 17.4 Å². The number of aromatic nitrogens is 3. The number of aryl methyl sites for hydroxylation is 1. The van der Waals surface area contributed by atoms with Crippen LogP contribution in [0.3, 0.4) is 0 Å². The van der Waals surface area contributed by atoms with Gasteiger partial charge in [-0.1, -0.05) is 23.4 Å². The van der Waals surface area contributed by atoms with Crippen molar-refractivity contribution in [2.45, 2.75) is 25.6 Å². The summed E-state index contributed by atoms with van der Waals surface area (Å²) in [5.41, 5.74) is 0.985. The Balaban J connectivity index is 1.80. The minimum Gasteiger partial charge on any atom is -0.486 e. The molecule has 0 spiro atoms. The molecule has 0 unspecified atom stereocenters. The molecule has 1 aromatic carbocycles. The maximum absolute atomic E-state index is 5.98. The van der Waals surface area contributed by atoms with E-state index in [1.54, 1.807) is 11.8 Å². The molecule has 1 N–H and O–H groups in total. The van der Waals surface area contributed by atoms with Gasteiger partial charge in [-0.15, -0.1) is 5.10 Å². The fraction of sp³-hybridized carbons (Fsp3) is 0.429. The van der Waals surface area contributed by atoms with Crippen LogP contribution in [0.2, 0.25) is 5.02 Å². The molecular formula is C14H18ClN3O2S. The van der Waals surface area contributed by atoms with Crippen molar-refractivity contribution in [2.75, 3.05) is 19.0 Å². The number of H-pyrrole nitrogens is 1. The number of benzene rings is 1. The molecule has 1 aromatic heterocycles. The first-order valence-corrected chi connectivity index (χ1v) is 8.06. The Morgan fingerprint density at radius 3 is 3.00 bits per heavy atom. The molecule has 0 radical (unpaired) electrons. The van der Waals surface area contributed by atoms with Gasteiger partial charge >= 0.3 is 0 Å². The summed E-state index contributed by atoms with van der Waals surface area (Å²) in [4.78, 5) is 4.35. The number of hydrogen-bond acceptors (Lipinski definition) is 5. The van der Waals surface area contributed by atoms with Crippen molar-refractivity contribution in [3.05, 3.63) is 34.6 Å². The van der Waals surface area contributed by atoms with Crippen LogP contribution >= 0.6 is 23.4 Å². The van der Waals surface area contributed by atoms with Gasteiger partial charge in [-0.3, -0.25) is 5.10 Å². The lowest BCUT2D eigenvalue weighted by atomic mass is 10.2. The molecule has 0 saturated carbocycles. The van der Waals surface area contributed by atoms with Gasteiger partial charge in [-0.25, -0.2) is 4.98 Å². The van der Waals surface area contributed by atoms with E-state index in [-0.39, 0.29) is 0 Å². The molecule has 0 amide bonds. The van der Waals surface area contributed by atoms with Crippen molar-refractivity contribution >= 4 is 23.4 Å². The Morgan fingerprint density at radius 2 is 2.24 bits per heavy atom. The SMILES string of the molecule is CCOCCSc1n[nH]c(COc2ccc(Cl)c(C)c2)n1. The summed E-state index contributed by atoms with van der Waals surface area (Å²) in [6.07, 6.45) is 0. The number of aromatic amines is 1. The second kappa shape index (κ2) is 8.26. The Morgan fingerprint density at radius 1 is 1.38 bits per heavy atom. The molecule has 0 aliphatic rings. The van der Waals surface area contributed by atoms with Gasteiger partial charge in [0.2, 0.25) is 5.16 Å². The zero-order valence-corrected chi connectivity index (χ0v) is 13.6. The maximum Gasteiger partial charge on any atom is 0.208 e. The van der Waals surface area contributed by atoms with Crippen LogP contribution in [0.5, 0.6) is 5.75 Å². The van der Waals surface area contributed by atoms with Crippen LogP contribution in [-0.2, 0) is 11.3 Å². The molecule has 21 heavy (non-hydrogen) atoms. The van der Waals surface area contributed by atoms with Crippen LogP contribution in [-0.4, -0.2) is 34.1 Å². The monoisotopic (exact) mass is 327 g/mol. The average Bonchev–Trinajstić information content (AvgIpc) is 2.93. The van der Waals surface area contributed by atoms with Gasteiger partial charge in [0.05, 0.1) is 6.61 Å². The third-order valence-corrected chi connectivity index (χ3v) is 3.91. The maximum atomic E-state index is 5.98. The lowest BCUT2D eigenvalue weighted by Gasteiger charge is -2.05. The molecule has 2 rings (SSSR count). The van der Waals surface area contributed by atoms with E-state index in [0.717, 1.165) is 28.7 Å². The van der Waals surface area contributed by atoms with Crippen molar-refractivity contribution in [1.82, 2.24) is 15.2 Å². The van der Waals surface area contributed by atoms with Crippen molar-refractivity contribution in [3.63, 3.8) is 0 Å². The van der Waals surface area contributed by atoms with Gasteiger partial charge < -0.3 is 9.47 Å². The van der Waals surface area contributed by atoms with E-state index in [1.165, 1.54) is 0 Å². The summed E-state index contributed by atoms with van der Waals surface area (Å²) >= 11 is 7.53. The topological polar surface area (TPSA) is 60.0 Å². The molecular weight excluding hydrogens is 310 g/mol. The lowest BCUT2D eigenvalue weighted by Crippen LogP contribution is -1.98. The van der Waals surface area contributed by atoms with Crippen molar-refractivity contribution in [3.8, 4) is 5.75 Å². The zero-order chi connectivity index (χ0) is 15.1. The number of hydrogen-bond donors (Lipinski definition) is 1. The molecule has 5 nitrogen and oxygen atoms in total. The third kappa shape index (κ3) is 5.22. The number of nitrogens with zero attached hydrogens (tertiary/aromatic N) is 2. The number of rotatable bonds is 8. The van der Waals surface area contributed by atoms with Crippen molar-refractivity contribution in [1.29, 1.82) is 0 Å². The predicted molar refractivity (Wildman–Crippen MR) is 84.1 cm³/mol. The number of thioether (sulfide) groups is 1. The Labute approximate surface area is 133 Å². The van der Waals surface area contributed by atoms with Crippen LogP contribution < -0.4 is 4.74 Å². The molecule has 0 fully saturated rings. The smallest absolute Gasteiger partial charge is 0.208 e. The fourth-order valence-electron chi connectivity index (χ4n) is 1.60. The Kier molecular flexibility index (Phi) is 6.35. The highest BCUT2D eigenvalue weighted by atomic mass is 35.5. The molecule has 0 aliphatic carbocycles. The van der Waals surface area contributed by atoms with Crippen LogP contribution in [0.1, 0.15) is 18.3 Å². The normalized spacial score (nSPS) is 10.8. The largest absolute Gasteiger partial charge is 0.486 e. The zero-order valence-electron chi connectivity index (χ0n) is 12.1. The minimum absolute atomic E-state index is 0.347. The van der Waals surface area contributed by atoms with E-state index in [2.05, 4.69) is 15.2 Å². The van der Waals surface area contributed by atoms with Crippen LogP contribution in [0.15, 0.2) is 23.4 Å². The van der Waals surface area contributed by atoms with Gasteiger partial charge in [0.25, 0.3) is 0 Å². The molecule has 0 aliphatic heterocycles. The summed E-state index contributed by atoms with van der Waals surface area (Å²) in [5, 5.41) is 8.44. The average molecular weight is 328 g/mol. The molecule has 1 heterocycles. The summed E-state index contributed by atoms with van der Waals surface area (Å²) < 4.78 is 10.9. The first-order chi connectivity index (χ1) is 10.2. The molecule has 2 aromatic rings. The van der Waals surface area contributed by atoms with Crippen molar-refractivity contribution in [2.24, 2.45) is 0 Å². The quantitative estimate of drug-likeness (QED) is 0.594. The van der Waals surface area contributed by atoms with E-state index in [1.807, 2.05) is 32.0 Å².